The van der Waals surface area contributed by atoms with Gasteiger partial charge in [-0.25, -0.2) is 4.98 Å². The van der Waals surface area contributed by atoms with Crippen molar-refractivity contribution in [3.05, 3.63) is 47.3 Å². The van der Waals surface area contributed by atoms with Crippen molar-refractivity contribution < 1.29 is 17.6 Å². The highest BCUT2D eigenvalue weighted by Crippen LogP contribution is 2.25. The highest BCUT2D eigenvalue weighted by atomic mass is 19.4. The van der Waals surface area contributed by atoms with Gasteiger partial charge < -0.3 is 4.42 Å². The van der Waals surface area contributed by atoms with Gasteiger partial charge in [0, 0.05) is 6.20 Å². The summed E-state index contributed by atoms with van der Waals surface area (Å²) < 4.78 is 43.0. The Hall–Kier alpha value is -2.64. The van der Waals surface area contributed by atoms with E-state index >= 15 is 0 Å². The Kier molecular flexibility index (Phi) is 3.00. The molecule has 0 aromatic carbocycles. The van der Waals surface area contributed by atoms with Gasteiger partial charge in [0.1, 0.15) is 24.5 Å². The average molecular weight is 295 g/mol. The molecule has 0 spiro atoms. The lowest BCUT2D eigenvalue weighted by Crippen LogP contribution is -2.28. The number of pyridine rings is 1. The number of halogens is 3. The van der Waals surface area contributed by atoms with Crippen LogP contribution in [0.5, 0.6) is 0 Å². The molecule has 0 saturated heterocycles. The van der Waals surface area contributed by atoms with Crippen LogP contribution in [-0.4, -0.2) is 20.7 Å². The van der Waals surface area contributed by atoms with Gasteiger partial charge in [0.15, 0.2) is 0 Å². The summed E-state index contributed by atoms with van der Waals surface area (Å²) in [5, 5.41) is -0.0135. The SMILES string of the molecule is O=c1c2c(-c3ccccn3)coc2ncn1CC(F)(F)F. The molecule has 0 radical (unpaired) electrons. The van der Waals surface area contributed by atoms with E-state index in [4.69, 9.17) is 4.42 Å². The van der Waals surface area contributed by atoms with Crippen LogP contribution in [0.3, 0.4) is 0 Å². The van der Waals surface area contributed by atoms with E-state index in [-0.39, 0.29) is 11.1 Å². The topological polar surface area (TPSA) is 60.9 Å². The first-order chi connectivity index (χ1) is 9.96. The van der Waals surface area contributed by atoms with Crippen LogP contribution in [0.2, 0.25) is 0 Å². The number of alkyl halides is 3. The van der Waals surface area contributed by atoms with Gasteiger partial charge >= 0.3 is 6.18 Å². The lowest BCUT2D eigenvalue weighted by molar-refractivity contribution is -0.141. The molecule has 0 aliphatic carbocycles. The van der Waals surface area contributed by atoms with Crippen molar-refractivity contribution in [1.29, 1.82) is 0 Å². The highest BCUT2D eigenvalue weighted by Gasteiger charge is 2.29. The number of fused-ring (bicyclic) bond motifs is 1. The van der Waals surface area contributed by atoms with Crippen LogP contribution in [0, 0.1) is 0 Å². The van der Waals surface area contributed by atoms with Crippen molar-refractivity contribution >= 4 is 11.1 Å². The second kappa shape index (κ2) is 4.72. The maximum absolute atomic E-state index is 12.4. The van der Waals surface area contributed by atoms with E-state index in [9.17, 15) is 18.0 Å². The van der Waals surface area contributed by atoms with Crippen molar-refractivity contribution in [2.24, 2.45) is 0 Å². The van der Waals surface area contributed by atoms with Crippen molar-refractivity contribution in [2.75, 3.05) is 0 Å². The first-order valence-corrected chi connectivity index (χ1v) is 5.90. The van der Waals surface area contributed by atoms with Gasteiger partial charge in [0.2, 0.25) is 5.71 Å². The maximum atomic E-state index is 12.4. The van der Waals surface area contributed by atoms with E-state index in [0.717, 1.165) is 6.33 Å². The summed E-state index contributed by atoms with van der Waals surface area (Å²) in [6.07, 6.45) is -0.907. The molecule has 3 heterocycles. The fraction of sp³-hybridized carbons (Fsp3) is 0.154. The molecule has 8 heteroatoms. The van der Waals surface area contributed by atoms with Crippen LogP contribution in [-0.2, 0) is 6.54 Å². The van der Waals surface area contributed by atoms with Gasteiger partial charge in [-0.05, 0) is 12.1 Å². The van der Waals surface area contributed by atoms with E-state index in [2.05, 4.69) is 9.97 Å². The molecular weight excluding hydrogens is 287 g/mol. The van der Waals surface area contributed by atoms with Crippen molar-refractivity contribution in [3.63, 3.8) is 0 Å². The molecule has 3 rings (SSSR count). The summed E-state index contributed by atoms with van der Waals surface area (Å²) in [7, 11) is 0. The quantitative estimate of drug-likeness (QED) is 0.729. The predicted octanol–water partition coefficient (Wildman–Crippen LogP) is 2.61. The molecular formula is C13H8F3N3O2. The van der Waals surface area contributed by atoms with Gasteiger partial charge in [-0.15, -0.1) is 0 Å². The van der Waals surface area contributed by atoms with E-state index in [1.165, 1.54) is 12.5 Å². The third-order valence-electron chi connectivity index (χ3n) is 2.85. The van der Waals surface area contributed by atoms with Crippen molar-refractivity contribution in [3.8, 4) is 11.3 Å². The molecule has 0 amide bonds. The second-order valence-electron chi connectivity index (χ2n) is 4.34. The molecule has 3 aromatic rings. The highest BCUT2D eigenvalue weighted by molar-refractivity contribution is 5.89. The summed E-state index contributed by atoms with van der Waals surface area (Å²) in [6, 6.07) is 5.02. The lowest BCUT2D eigenvalue weighted by atomic mass is 10.1. The average Bonchev–Trinajstić information content (AvgIpc) is 2.86. The summed E-state index contributed by atoms with van der Waals surface area (Å²) in [6.45, 7) is -1.40. The molecule has 0 atom stereocenters. The first kappa shape index (κ1) is 13.3. The molecule has 0 aliphatic rings. The smallest absolute Gasteiger partial charge is 0.406 e. The van der Waals surface area contributed by atoms with Crippen LogP contribution < -0.4 is 5.56 Å². The fourth-order valence-corrected chi connectivity index (χ4v) is 1.98. The Labute approximate surface area is 115 Å². The van der Waals surface area contributed by atoms with Gasteiger partial charge in [0.05, 0.1) is 11.3 Å². The van der Waals surface area contributed by atoms with Crippen LogP contribution in [0.4, 0.5) is 13.2 Å². The molecule has 0 fully saturated rings. The predicted molar refractivity (Wildman–Crippen MR) is 67.6 cm³/mol. The molecule has 0 aliphatic heterocycles. The minimum absolute atomic E-state index is 0.0135. The Morgan fingerprint density at radius 1 is 1.24 bits per heavy atom. The maximum Gasteiger partial charge on any atom is 0.406 e. The zero-order valence-electron chi connectivity index (χ0n) is 10.5. The number of aromatic nitrogens is 3. The second-order valence-corrected chi connectivity index (χ2v) is 4.34. The van der Waals surface area contributed by atoms with Crippen molar-refractivity contribution in [1.82, 2.24) is 14.5 Å². The normalized spacial score (nSPS) is 12.0. The fourth-order valence-electron chi connectivity index (χ4n) is 1.98. The van der Waals surface area contributed by atoms with E-state index in [0.29, 0.717) is 15.8 Å². The van der Waals surface area contributed by atoms with Crippen LogP contribution in [0.1, 0.15) is 0 Å². The van der Waals surface area contributed by atoms with Crippen LogP contribution >= 0.6 is 0 Å². The van der Waals surface area contributed by atoms with Crippen LogP contribution in [0.25, 0.3) is 22.4 Å². The van der Waals surface area contributed by atoms with Crippen molar-refractivity contribution in [2.45, 2.75) is 12.7 Å². The number of hydrogen-bond donors (Lipinski definition) is 0. The minimum atomic E-state index is -4.51. The Morgan fingerprint density at radius 3 is 2.71 bits per heavy atom. The van der Waals surface area contributed by atoms with E-state index < -0.39 is 18.3 Å². The molecule has 108 valence electrons. The summed E-state index contributed by atoms with van der Waals surface area (Å²) >= 11 is 0. The number of furan rings is 1. The third-order valence-corrected chi connectivity index (χ3v) is 2.85. The lowest BCUT2D eigenvalue weighted by Gasteiger charge is -2.08. The zero-order valence-corrected chi connectivity index (χ0v) is 10.5. The molecule has 0 unspecified atom stereocenters. The van der Waals surface area contributed by atoms with Gasteiger partial charge in [-0.3, -0.25) is 14.3 Å². The first-order valence-electron chi connectivity index (χ1n) is 5.90. The van der Waals surface area contributed by atoms with Gasteiger partial charge in [-0.2, -0.15) is 13.2 Å². The monoisotopic (exact) mass is 295 g/mol. The Bertz CT molecular complexity index is 837. The molecule has 0 saturated carbocycles. The third kappa shape index (κ3) is 2.51. The summed E-state index contributed by atoms with van der Waals surface area (Å²) in [4.78, 5) is 20.0. The molecule has 21 heavy (non-hydrogen) atoms. The molecule has 3 aromatic heterocycles. The van der Waals surface area contributed by atoms with Crippen LogP contribution in [0.15, 0.2) is 46.2 Å². The molecule has 0 N–H and O–H groups in total. The van der Waals surface area contributed by atoms with E-state index in [1.807, 2.05) is 0 Å². The summed E-state index contributed by atoms with van der Waals surface area (Å²) in [5.41, 5.74) is -0.0784. The Balaban J connectivity index is 2.21. The standard InChI is InChI=1S/C13H8F3N3O2/c14-13(15,16)6-19-7-18-11-10(12(19)20)8(5-21-11)9-3-1-2-4-17-9/h1-5,7H,6H2. The number of nitrogens with zero attached hydrogens (tertiary/aromatic N) is 3. The molecule has 5 nitrogen and oxygen atoms in total. The molecule has 0 bridgehead atoms. The number of rotatable bonds is 2. The van der Waals surface area contributed by atoms with E-state index in [1.54, 1.807) is 18.2 Å². The van der Waals surface area contributed by atoms with Gasteiger partial charge in [-0.1, -0.05) is 6.07 Å². The Morgan fingerprint density at radius 2 is 2.05 bits per heavy atom. The summed E-state index contributed by atoms with van der Waals surface area (Å²) in [5.74, 6) is 0. The largest absolute Gasteiger partial charge is 0.445 e. The van der Waals surface area contributed by atoms with Gasteiger partial charge in [0.25, 0.3) is 5.56 Å². The number of hydrogen-bond acceptors (Lipinski definition) is 4. The minimum Gasteiger partial charge on any atom is -0.445 e. The zero-order chi connectivity index (χ0) is 15.0.